The van der Waals surface area contributed by atoms with E-state index in [2.05, 4.69) is 9.97 Å². The standard InChI is InChI=1S/C13H20N2O2/c1-9(2)13-14-7-12(11(8-16)15-13)17-6-5-10-3-4-10/h7,9-10,16H,3-6,8H2,1-2H3. The lowest BCUT2D eigenvalue weighted by atomic mass is 10.2. The van der Waals surface area contributed by atoms with Crippen LogP contribution in [-0.4, -0.2) is 21.7 Å². The molecule has 94 valence electrons. The van der Waals surface area contributed by atoms with Gasteiger partial charge < -0.3 is 9.84 Å². The van der Waals surface area contributed by atoms with Gasteiger partial charge in [-0.15, -0.1) is 0 Å². The van der Waals surface area contributed by atoms with E-state index in [9.17, 15) is 5.11 Å². The minimum atomic E-state index is -0.0962. The van der Waals surface area contributed by atoms with E-state index in [4.69, 9.17) is 4.74 Å². The van der Waals surface area contributed by atoms with Gasteiger partial charge in [-0.2, -0.15) is 0 Å². The molecule has 0 bridgehead atoms. The molecule has 0 unspecified atom stereocenters. The van der Waals surface area contributed by atoms with Crippen LogP contribution in [0.1, 0.15) is 50.5 Å². The van der Waals surface area contributed by atoms with Gasteiger partial charge in [0.15, 0.2) is 5.75 Å². The Bertz CT molecular complexity index is 376. The maximum Gasteiger partial charge on any atom is 0.161 e. The van der Waals surface area contributed by atoms with Gasteiger partial charge in [-0.05, 0) is 12.3 Å². The molecule has 2 rings (SSSR count). The Labute approximate surface area is 102 Å². The fourth-order valence-electron chi connectivity index (χ4n) is 1.68. The molecule has 17 heavy (non-hydrogen) atoms. The summed E-state index contributed by atoms with van der Waals surface area (Å²) in [6, 6.07) is 0. The number of rotatable bonds is 6. The predicted octanol–water partition coefficient (Wildman–Crippen LogP) is 2.27. The van der Waals surface area contributed by atoms with Crippen molar-refractivity contribution in [2.45, 2.75) is 45.6 Å². The molecule has 0 spiro atoms. The van der Waals surface area contributed by atoms with Crippen LogP contribution in [0.25, 0.3) is 0 Å². The lowest BCUT2D eigenvalue weighted by Crippen LogP contribution is -2.07. The van der Waals surface area contributed by atoms with Crippen molar-refractivity contribution in [3.63, 3.8) is 0 Å². The molecule has 1 heterocycles. The number of aromatic nitrogens is 2. The Kier molecular flexibility index (Phi) is 3.94. The first-order valence-electron chi connectivity index (χ1n) is 6.30. The molecule has 1 aromatic heterocycles. The summed E-state index contributed by atoms with van der Waals surface area (Å²) in [5.74, 6) is 2.49. The van der Waals surface area contributed by atoms with E-state index in [-0.39, 0.29) is 12.5 Å². The Morgan fingerprint density at radius 3 is 2.82 bits per heavy atom. The molecule has 1 fully saturated rings. The van der Waals surface area contributed by atoms with Gasteiger partial charge >= 0.3 is 0 Å². The number of ether oxygens (including phenoxy) is 1. The second kappa shape index (κ2) is 5.45. The van der Waals surface area contributed by atoms with Crippen LogP contribution in [-0.2, 0) is 6.61 Å². The van der Waals surface area contributed by atoms with Crippen LogP contribution < -0.4 is 4.74 Å². The van der Waals surface area contributed by atoms with Gasteiger partial charge in [0, 0.05) is 5.92 Å². The second-order valence-electron chi connectivity index (χ2n) is 4.93. The zero-order valence-electron chi connectivity index (χ0n) is 10.5. The van der Waals surface area contributed by atoms with E-state index < -0.39 is 0 Å². The Morgan fingerprint density at radius 2 is 2.24 bits per heavy atom. The van der Waals surface area contributed by atoms with Gasteiger partial charge in [-0.25, -0.2) is 9.97 Å². The van der Waals surface area contributed by atoms with E-state index in [0.717, 1.165) is 18.2 Å². The highest BCUT2D eigenvalue weighted by atomic mass is 16.5. The summed E-state index contributed by atoms with van der Waals surface area (Å²) in [5.41, 5.74) is 0.597. The molecule has 0 amide bonds. The maximum atomic E-state index is 9.28. The van der Waals surface area contributed by atoms with E-state index in [1.807, 2.05) is 13.8 Å². The number of nitrogens with zero attached hydrogens (tertiary/aromatic N) is 2. The minimum Gasteiger partial charge on any atom is -0.490 e. The molecule has 1 aromatic rings. The third-order valence-electron chi connectivity index (χ3n) is 2.99. The summed E-state index contributed by atoms with van der Waals surface area (Å²) < 4.78 is 5.63. The van der Waals surface area contributed by atoms with Gasteiger partial charge in [0.1, 0.15) is 11.5 Å². The van der Waals surface area contributed by atoms with Crippen LogP contribution in [0.2, 0.25) is 0 Å². The van der Waals surface area contributed by atoms with Crippen molar-refractivity contribution in [1.29, 1.82) is 0 Å². The smallest absolute Gasteiger partial charge is 0.161 e. The SMILES string of the molecule is CC(C)c1ncc(OCCC2CC2)c(CO)n1. The van der Waals surface area contributed by atoms with Crippen LogP contribution in [0.4, 0.5) is 0 Å². The van der Waals surface area contributed by atoms with Crippen LogP contribution in [0.15, 0.2) is 6.20 Å². The van der Waals surface area contributed by atoms with Gasteiger partial charge in [-0.3, -0.25) is 0 Å². The summed E-state index contributed by atoms with van der Waals surface area (Å²) in [6.45, 7) is 4.66. The summed E-state index contributed by atoms with van der Waals surface area (Å²) in [4.78, 5) is 8.57. The van der Waals surface area contributed by atoms with Crippen molar-refractivity contribution in [2.75, 3.05) is 6.61 Å². The topological polar surface area (TPSA) is 55.2 Å². The van der Waals surface area contributed by atoms with Gasteiger partial charge in [-0.1, -0.05) is 26.7 Å². The zero-order valence-corrected chi connectivity index (χ0v) is 10.5. The van der Waals surface area contributed by atoms with Gasteiger partial charge in [0.2, 0.25) is 0 Å². The normalized spacial score (nSPS) is 15.3. The second-order valence-corrected chi connectivity index (χ2v) is 4.93. The molecule has 0 saturated heterocycles. The molecule has 1 aliphatic carbocycles. The number of hydrogen-bond acceptors (Lipinski definition) is 4. The van der Waals surface area contributed by atoms with Crippen LogP contribution in [0.5, 0.6) is 5.75 Å². The molecular weight excluding hydrogens is 216 g/mol. The van der Waals surface area contributed by atoms with E-state index in [1.54, 1.807) is 6.20 Å². The molecule has 1 N–H and O–H groups in total. The highest BCUT2D eigenvalue weighted by molar-refractivity contribution is 5.24. The lowest BCUT2D eigenvalue weighted by molar-refractivity contribution is 0.252. The first kappa shape index (κ1) is 12.3. The zero-order chi connectivity index (χ0) is 12.3. The molecule has 1 aliphatic rings. The molecule has 4 nitrogen and oxygen atoms in total. The molecule has 0 aromatic carbocycles. The maximum absolute atomic E-state index is 9.28. The third kappa shape index (κ3) is 3.40. The van der Waals surface area contributed by atoms with Crippen molar-refractivity contribution in [3.05, 3.63) is 17.7 Å². The first-order chi connectivity index (χ1) is 8.20. The molecule has 0 atom stereocenters. The summed E-state index contributed by atoms with van der Waals surface area (Å²) in [5, 5.41) is 9.28. The average Bonchev–Trinajstić information content (AvgIpc) is 3.13. The van der Waals surface area contributed by atoms with Crippen LogP contribution in [0, 0.1) is 5.92 Å². The van der Waals surface area contributed by atoms with Crippen LogP contribution >= 0.6 is 0 Å². The van der Waals surface area contributed by atoms with Crippen molar-refractivity contribution in [2.24, 2.45) is 5.92 Å². The number of hydrogen-bond donors (Lipinski definition) is 1. The summed E-state index contributed by atoms with van der Waals surface area (Å²) >= 11 is 0. The monoisotopic (exact) mass is 236 g/mol. The molecule has 1 saturated carbocycles. The number of aliphatic hydroxyl groups is 1. The molecular formula is C13H20N2O2. The van der Waals surface area contributed by atoms with Crippen LogP contribution in [0.3, 0.4) is 0 Å². The fourth-order valence-corrected chi connectivity index (χ4v) is 1.68. The quantitative estimate of drug-likeness (QED) is 0.823. The van der Waals surface area contributed by atoms with E-state index >= 15 is 0 Å². The van der Waals surface area contributed by atoms with Crippen molar-refractivity contribution in [1.82, 2.24) is 9.97 Å². The molecule has 4 heteroatoms. The number of aliphatic hydroxyl groups excluding tert-OH is 1. The highest BCUT2D eigenvalue weighted by Crippen LogP contribution is 2.32. The van der Waals surface area contributed by atoms with E-state index in [1.165, 1.54) is 12.8 Å². The largest absolute Gasteiger partial charge is 0.490 e. The first-order valence-corrected chi connectivity index (χ1v) is 6.30. The summed E-state index contributed by atoms with van der Waals surface area (Å²) in [6.07, 6.45) is 5.44. The van der Waals surface area contributed by atoms with Crippen molar-refractivity contribution in [3.8, 4) is 5.75 Å². The van der Waals surface area contributed by atoms with Gasteiger partial charge in [0.25, 0.3) is 0 Å². The average molecular weight is 236 g/mol. The Hall–Kier alpha value is -1.16. The van der Waals surface area contributed by atoms with Crippen molar-refractivity contribution >= 4 is 0 Å². The Balaban J connectivity index is 1.98. The summed E-state index contributed by atoms with van der Waals surface area (Å²) in [7, 11) is 0. The lowest BCUT2D eigenvalue weighted by Gasteiger charge is -2.11. The fraction of sp³-hybridized carbons (Fsp3) is 0.692. The molecule has 0 aliphatic heterocycles. The third-order valence-corrected chi connectivity index (χ3v) is 2.99. The Morgan fingerprint density at radius 1 is 1.47 bits per heavy atom. The minimum absolute atomic E-state index is 0.0962. The van der Waals surface area contributed by atoms with Crippen molar-refractivity contribution < 1.29 is 9.84 Å². The predicted molar refractivity (Wildman–Crippen MR) is 64.9 cm³/mol. The molecule has 0 radical (unpaired) electrons. The van der Waals surface area contributed by atoms with Gasteiger partial charge in [0.05, 0.1) is 19.4 Å². The van der Waals surface area contributed by atoms with E-state index in [0.29, 0.717) is 18.1 Å². The highest BCUT2D eigenvalue weighted by Gasteiger charge is 2.21.